The van der Waals surface area contributed by atoms with Crippen molar-refractivity contribution in [3.05, 3.63) is 120 Å². The van der Waals surface area contributed by atoms with Crippen LogP contribution in [0.5, 0.6) is 0 Å². The van der Waals surface area contributed by atoms with Crippen molar-refractivity contribution in [2.75, 3.05) is 0 Å². The molecule has 0 spiro atoms. The molecular formula is C32H38Cl2Zr. The zero-order valence-electron chi connectivity index (χ0n) is 21.5. The Kier molecular flexibility index (Phi) is 10.7. The molecule has 0 radical (unpaired) electrons. The van der Waals surface area contributed by atoms with E-state index < -0.39 is 23.2 Å². The molecule has 0 aliphatic heterocycles. The van der Waals surface area contributed by atoms with Gasteiger partial charge in [-0.25, -0.2) is 0 Å². The van der Waals surface area contributed by atoms with Crippen LogP contribution >= 0.6 is 0 Å². The van der Waals surface area contributed by atoms with Gasteiger partial charge in [0.1, 0.15) is 0 Å². The minimum absolute atomic E-state index is 0. The Hall–Kier alpha value is -1.14. The van der Waals surface area contributed by atoms with Crippen LogP contribution < -0.4 is 24.8 Å². The van der Waals surface area contributed by atoms with E-state index in [1.807, 2.05) is 0 Å². The molecule has 0 fully saturated rings. The largest absolute Gasteiger partial charge is 1.00 e. The minimum atomic E-state index is -1.14. The quantitative estimate of drug-likeness (QED) is 0.403. The third-order valence-electron chi connectivity index (χ3n) is 8.72. The van der Waals surface area contributed by atoms with Crippen LogP contribution in [-0.4, -0.2) is 0 Å². The van der Waals surface area contributed by atoms with Gasteiger partial charge in [0.25, 0.3) is 0 Å². The molecule has 0 N–H and O–H groups in total. The minimum Gasteiger partial charge on any atom is -1.00 e. The number of benzene rings is 2. The number of halogens is 2. The maximum absolute atomic E-state index is 2.60. The fourth-order valence-corrected chi connectivity index (χ4v) is 13.9. The Labute approximate surface area is 237 Å². The van der Waals surface area contributed by atoms with E-state index in [9.17, 15) is 0 Å². The van der Waals surface area contributed by atoms with Gasteiger partial charge < -0.3 is 24.8 Å². The van der Waals surface area contributed by atoms with Gasteiger partial charge in [-0.15, -0.1) is 0 Å². The van der Waals surface area contributed by atoms with E-state index in [4.69, 9.17) is 0 Å². The van der Waals surface area contributed by atoms with E-state index >= 15 is 0 Å². The topological polar surface area (TPSA) is 0 Å². The normalized spacial score (nSPS) is 17.0. The van der Waals surface area contributed by atoms with Crippen LogP contribution in [0, 0.1) is 0 Å². The molecular weight excluding hydrogens is 546 g/mol. The summed E-state index contributed by atoms with van der Waals surface area (Å²) in [5.74, 6) is 0. The number of hydrogen-bond donors (Lipinski definition) is 0. The predicted molar refractivity (Wildman–Crippen MR) is 139 cm³/mol. The second kappa shape index (κ2) is 12.4. The molecule has 0 saturated carbocycles. The van der Waals surface area contributed by atoms with Gasteiger partial charge in [-0.3, -0.25) is 0 Å². The number of hydrogen-bond acceptors (Lipinski definition) is 0. The van der Waals surface area contributed by atoms with Gasteiger partial charge in [-0.05, 0) is 0 Å². The van der Waals surface area contributed by atoms with Crippen LogP contribution in [0.25, 0.3) is 0 Å². The monoisotopic (exact) mass is 582 g/mol. The summed E-state index contributed by atoms with van der Waals surface area (Å²) in [6.07, 6.45) is 24.4. The maximum Gasteiger partial charge on any atom is -1.00 e. The molecule has 0 atom stereocenters. The van der Waals surface area contributed by atoms with Gasteiger partial charge in [0.05, 0.1) is 0 Å². The van der Waals surface area contributed by atoms with Crippen molar-refractivity contribution in [3.8, 4) is 0 Å². The molecule has 0 bridgehead atoms. The molecule has 2 aromatic carbocycles. The molecule has 4 rings (SSSR count). The molecule has 0 nitrogen and oxygen atoms in total. The van der Waals surface area contributed by atoms with Crippen molar-refractivity contribution in [3.63, 3.8) is 0 Å². The Bertz CT molecular complexity index is 932. The van der Waals surface area contributed by atoms with Gasteiger partial charge in [0.15, 0.2) is 0 Å². The molecule has 0 heterocycles. The van der Waals surface area contributed by atoms with Crippen LogP contribution in [-0.2, 0) is 34.1 Å². The fraction of sp³-hybridized carbons (Fsp3) is 0.375. The summed E-state index contributed by atoms with van der Waals surface area (Å²) < 4.78 is 0.259. The second-order valence-electron chi connectivity index (χ2n) is 9.61. The van der Waals surface area contributed by atoms with E-state index in [0.717, 1.165) is 25.7 Å². The average molecular weight is 585 g/mol. The number of allylic oxidation sites excluding steroid dienone is 8. The second-order valence-corrected chi connectivity index (χ2v) is 14.3. The zero-order chi connectivity index (χ0) is 23.4. The van der Waals surface area contributed by atoms with E-state index in [0.29, 0.717) is 0 Å². The standard InChI is InChI=1S/2C16H19.2ClH.Zr/c2*1-3-16(4-2,15-12-8-9-13-15)14-10-6-5-7-11-14;;;/h2*5-13H,3-4H2,1-2H3;2*1H;/q;;;;+2/p-2. The molecule has 0 saturated heterocycles. The molecule has 2 aliphatic carbocycles. The van der Waals surface area contributed by atoms with Gasteiger partial charge in [0.2, 0.25) is 0 Å². The van der Waals surface area contributed by atoms with E-state index in [-0.39, 0.29) is 41.9 Å². The van der Waals surface area contributed by atoms with Gasteiger partial charge in [0, 0.05) is 0 Å². The Morgan fingerprint density at radius 3 is 1.06 bits per heavy atom. The van der Waals surface area contributed by atoms with Crippen molar-refractivity contribution in [2.24, 2.45) is 0 Å². The van der Waals surface area contributed by atoms with Crippen molar-refractivity contribution >= 4 is 0 Å². The first-order valence-corrected chi connectivity index (χ1v) is 15.2. The third-order valence-corrected chi connectivity index (χ3v) is 14.7. The van der Waals surface area contributed by atoms with E-state index in [1.54, 1.807) is 0 Å². The maximum atomic E-state index is 2.60. The van der Waals surface area contributed by atoms with Crippen molar-refractivity contribution in [1.82, 2.24) is 0 Å². The summed E-state index contributed by atoms with van der Waals surface area (Å²) in [7, 11) is 0. The van der Waals surface area contributed by atoms with Crippen LogP contribution in [0.4, 0.5) is 0 Å². The molecule has 184 valence electrons. The molecule has 0 amide bonds. The van der Waals surface area contributed by atoms with Gasteiger partial charge in [-0.1, -0.05) is 0 Å². The summed E-state index contributed by atoms with van der Waals surface area (Å²) in [6, 6.07) is 22.8. The smallest absolute Gasteiger partial charge is 1.00 e. The predicted octanol–water partition coefficient (Wildman–Crippen LogP) is 3.16. The summed E-state index contributed by atoms with van der Waals surface area (Å²) in [6.45, 7) is 9.65. The van der Waals surface area contributed by atoms with Crippen molar-refractivity contribution in [1.29, 1.82) is 0 Å². The SMILES string of the molecule is CCC(CC)(c1ccccc1)[C]1([Zr+2][C]2(C(CC)(CC)c3ccccc3)C=CC=C2)C=CC=C1.[Cl-].[Cl-]. The first kappa shape index (κ1) is 30.1. The van der Waals surface area contributed by atoms with E-state index in [1.165, 1.54) is 11.1 Å². The van der Waals surface area contributed by atoms with Crippen LogP contribution in [0.3, 0.4) is 0 Å². The van der Waals surface area contributed by atoms with Crippen molar-refractivity contribution < 1.29 is 48.0 Å². The van der Waals surface area contributed by atoms with Gasteiger partial charge in [-0.2, -0.15) is 0 Å². The first-order valence-electron chi connectivity index (χ1n) is 12.7. The van der Waals surface area contributed by atoms with Crippen LogP contribution in [0.2, 0.25) is 6.25 Å². The Morgan fingerprint density at radius 1 is 0.514 bits per heavy atom. The van der Waals surface area contributed by atoms with E-state index in [2.05, 4.69) is 137 Å². The van der Waals surface area contributed by atoms with Crippen LogP contribution in [0.15, 0.2) is 109 Å². The molecule has 0 aromatic heterocycles. The zero-order valence-corrected chi connectivity index (χ0v) is 25.4. The third kappa shape index (κ3) is 4.79. The summed E-state index contributed by atoms with van der Waals surface area (Å²) in [5, 5.41) is 0. The molecule has 2 aromatic rings. The summed E-state index contributed by atoms with van der Waals surface area (Å²) in [5.41, 5.74) is 3.27. The van der Waals surface area contributed by atoms with Gasteiger partial charge >= 0.3 is 214 Å². The Morgan fingerprint density at radius 2 is 0.800 bits per heavy atom. The van der Waals surface area contributed by atoms with Crippen LogP contribution in [0.1, 0.15) is 64.5 Å². The van der Waals surface area contributed by atoms with Crippen molar-refractivity contribution in [2.45, 2.75) is 70.5 Å². The summed E-state index contributed by atoms with van der Waals surface area (Å²) >= 11 is -1.14. The average Bonchev–Trinajstić information content (AvgIpc) is 3.54. The molecule has 35 heavy (non-hydrogen) atoms. The molecule has 3 heteroatoms. The summed E-state index contributed by atoms with van der Waals surface area (Å²) in [4.78, 5) is 0. The number of rotatable bonds is 10. The molecule has 0 unspecified atom stereocenters. The first-order chi connectivity index (χ1) is 16.1. The molecule has 2 aliphatic rings. The Balaban J connectivity index is 0.00000216. The fourth-order valence-electron chi connectivity index (χ4n) is 6.81.